The van der Waals surface area contributed by atoms with E-state index in [1.807, 2.05) is 6.92 Å². The molecule has 1 atom stereocenters. The summed E-state index contributed by atoms with van der Waals surface area (Å²) >= 11 is 0. The molecule has 112 valence electrons. The molecule has 11 nitrogen and oxygen atoms in total. The van der Waals surface area contributed by atoms with E-state index in [0.717, 1.165) is 0 Å². The van der Waals surface area contributed by atoms with Crippen LogP contribution < -0.4 is 11.1 Å². The van der Waals surface area contributed by atoms with Gasteiger partial charge < -0.3 is 21.3 Å². The molecule has 0 aromatic carbocycles. The first-order chi connectivity index (χ1) is 9.92. The lowest BCUT2D eigenvalue weighted by Crippen LogP contribution is -2.32. The van der Waals surface area contributed by atoms with Gasteiger partial charge in [0.1, 0.15) is 6.04 Å². The molecule has 0 fully saturated rings. The summed E-state index contributed by atoms with van der Waals surface area (Å²) in [6.45, 7) is 2.31. The maximum absolute atomic E-state index is 11.1. The molecule has 0 saturated heterocycles. The summed E-state index contributed by atoms with van der Waals surface area (Å²) in [5.41, 5.74) is 6.13. The van der Waals surface area contributed by atoms with Gasteiger partial charge in [0.05, 0.1) is 6.42 Å². The summed E-state index contributed by atoms with van der Waals surface area (Å²) in [5.74, 6) is -2.65. The van der Waals surface area contributed by atoms with Gasteiger partial charge >= 0.3 is 11.9 Å². The monoisotopic (exact) mass is 295 g/mol. The second kappa shape index (κ2) is 5.56. The van der Waals surface area contributed by atoms with Gasteiger partial charge in [-0.25, -0.2) is 9.48 Å². The van der Waals surface area contributed by atoms with E-state index >= 15 is 0 Å². The topological polar surface area (TPSA) is 169 Å². The summed E-state index contributed by atoms with van der Waals surface area (Å²) in [4.78, 5) is 29.6. The molecule has 2 rings (SSSR count). The van der Waals surface area contributed by atoms with Crippen LogP contribution in [-0.2, 0) is 16.1 Å². The molecule has 0 bridgehead atoms. The number of nitrogens with one attached hydrogen (secondary N) is 1. The van der Waals surface area contributed by atoms with Crippen molar-refractivity contribution in [3.05, 3.63) is 0 Å². The molecule has 0 aliphatic rings. The maximum atomic E-state index is 11.1. The van der Waals surface area contributed by atoms with E-state index in [9.17, 15) is 9.59 Å². The molecule has 0 aliphatic carbocycles. The summed E-state index contributed by atoms with van der Waals surface area (Å²) in [7, 11) is 0. The second-order valence-electron chi connectivity index (χ2n) is 4.14. The van der Waals surface area contributed by atoms with E-state index in [-0.39, 0.29) is 17.3 Å². The van der Waals surface area contributed by atoms with Crippen molar-refractivity contribution < 1.29 is 19.8 Å². The minimum Gasteiger partial charge on any atom is -0.481 e. The fourth-order valence-corrected chi connectivity index (χ4v) is 1.73. The van der Waals surface area contributed by atoms with Gasteiger partial charge in [0, 0.05) is 6.54 Å². The number of carboxylic acids is 2. The Balaban J connectivity index is 2.43. The van der Waals surface area contributed by atoms with Gasteiger partial charge in [-0.05, 0) is 6.92 Å². The smallest absolute Gasteiger partial charge is 0.326 e. The molecular formula is C10H13N7O4. The Morgan fingerprint density at radius 3 is 2.67 bits per heavy atom. The van der Waals surface area contributed by atoms with E-state index in [1.165, 1.54) is 4.68 Å². The number of nitrogen functional groups attached to an aromatic ring is 1. The third kappa shape index (κ3) is 2.96. The highest BCUT2D eigenvalue weighted by molar-refractivity contribution is 5.88. The molecule has 0 spiro atoms. The SMILES string of the molecule is CCn1nnc2c(N[C@@H](CC(=O)O)C(=O)O)nc(N)nc21. The van der Waals surface area contributed by atoms with Crippen LogP contribution >= 0.6 is 0 Å². The Labute approximate surface area is 117 Å². The molecular weight excluding hydrogens is 282 g/mol. The number of anilines is 2. The van der Waals surface area contributed by atoms with E-state index in [1.54, 1.807) is 0 Å². The van der Waals surface area contributed by atoms with Gasteiger partial charge in [0.15, 0.2) is 17.0 Å². The molecule has 0 amide bonds. The predicted octanol–water partition coefficient (Wildman–Crippen LogP) is -0.837. The average Bonchev–Trinajstić information content (AvgIpc) is 2.80. The molecule has 2 aromatic rings. The third-order valence-electron chi connectivity index (χ3n) is 2.67. The highest BCUT2D eigenvalue weighted by atomic mass is 16.4. The van der Waals surface area contributed by atoms with Crippen molar-refractivity contribution in [2.24, 2.45) is 0 Å². The van der Waals surface area contributed by atoms with Crippen LogP contribution in [0.4, 0.5) is 11.8 Å². The number of fused-ring (bicyclic) bond motifs is 1. The molecule has 2 heterocycles. The van der Waals surface area contributed by atoms with Crippen molar-refractivity contribution in [2.75, 3.05) is 11.1 Å². The van der Waals surface area contributed by atoms with E-state index < -0.39 is 24.4 Å². The first-order valence-corrected chi connectivity index (χ1v) is 6.00. The number of aryl methyl sites for hydroxylation is 1. The summed E-state index contributed by atoms with van der Waals surface area (Å²) < 4.78 is 1.46. The molecule has 0 radical (unpaired) electrons. The first kappa shape index (κ1) is 14.4. The normalized spacial score (nSPS) is 12.2. The van der Waals surface area contributed by atoms with Gasteiger partial charge in [0.2, 0.25) is 5.95 Å². The minimum atomic E-state index is -1.37. The quantitative estimate of drug-likeness (QED) is 0.527. The zero-order valence-electron chi connectivity index (χ0n) is 11.0. The Hall–Kier alpha value is -2.98. The molecule has 11 heteroatoms. The summed E-state index contributed by atoms with van der Waals surface area (Å²) in [6, 6.07) is -1.37. The van der Waals surface area contributed by atoms with Crippen molar-refractivity contribution in [2.45, 2.75) is 25.9 Å². The standard InChI is InChI=1S/C10H13N7O4/c1-2-17-8-6(15-16-17)7(13-10(11)14-8)12-4(9(20)21)3-5(18)19/h4H,2-3H2,1H3,(H,18,19)(H,20,21)(H3,11,12,13,14)/t4-/m0/s1. The number of hydrogen-bond donors (Lipinski definition) is 4. The second-order valence-corrected chi connectivity index (χ2v) is 4.14. The molecule has 0 saturated carbocycles. The number of rotatable bonds is 6. The number of nitrogens with two attached hydrogens (primary N) is 1. The Morgan fingerprint density at radius 2 is 2.10 bits per heavy atom. The van der Waals surface area contributed by atoms with Gasteiger partial charge in [-0.3, -0.25) is 4.79 Å². The Kier molecular flexibility index (Phi) is 3.82. The molecule has 0 aliphatic heterocycles. The fraction of sp³-hybridized carbons (Fsp3) is 0.400. The number of aromatic nitrogens is 5. The van der Waals surface area contributed by atoms with E-state index in [0.29, 0.717) is 12.2 Å². The van der Waals surface area contributed by atoms with Crippen LogP contribution in [0.2, 0.25) is 0 Å². The number of hydrogen-bond acceptors (Lipinski definition) is 8. The van der Waals surface area contributed by atoms with Crippen molar-refractivity contribution in [3.8, 4) is 0 Å². The van der Waals surface area contributed by atoms with Crippen molar-refractivity contribution in [1.82, 2.24) is 25.0 Å². The van der Waals surface area contributed by atoms with Gasteiger partial charge in [-0.15, -0.1) is 5.10 Å². The molecule has 21 heavy (non-hydrogen) atoms. The van der Waals surface area contributed by atoms with Crippen LogP contribution in [0.3, 0.4) is 0 Å². The average molecular weight is 295 g/mol. The number of carbonyl (C=O) groups is 2. The van der Waals surface area contributed by atoms with Gasteiger partial charge in [-0.2, -0.15) is 9.97 Å². The fourth-order valence-electron chi connectivity index (χ4n) is 1.73. The summed E-state index contributed by atoms with van der Waals surface area (Å²) in [5, 5.41) is 28.0. The minimum absolute atomic E-state index is 0.0332. The first-order valence-electron chi connectivity index (χ1n) is 6.00. The zero-order chi connectivity index (χ0) is 15.6. The maximum Gasteiger partial charge on any atom is 0.326 e. The van der Waals surface area contributed by atoms with Crippen molar-refractivity contribution in [3.63, 3.8) is 0 Å². The molecule has 2 aromatic heterocycles. The van der Waals surface area contributed by atoms with Crippen LogP contribution in [0.1, 0.15) is 13.3 Å². The summed E-state index contributed by atoms with van der Waals surface area (Å²) in [6.07, 6.45) is -0.622. The van der Waals surface area contributed by atoms with Crippen molar-refractivity contribution >= 4 is 34.9 Å². The number of aliphatic carboxylic acids is 2. The van der Waals surface area contributed by atoms with E-state index in [4.69, 9.17) is 15.9 Å². The third-order valence-corrected chi connectivity index (χ3v) is 2.67. The van der Waals surface area contributed by atoms with Crippen LogP contribution in [0.15, 0.2) is 0 Å². The number of carboxylic acid groups (broad SMARTS) is 2. The largest absolute Gasteiger partial charge is 0.481 e. The predicted molar refractivity (Wildman–Crippen MR) is 70.5 cm³/mol. The highest BCUT2D eigenvalue weighted by Gasteiger charge is 2.24. The lowest BCUT2D eigenvalue weighted by atomic mass is 10.2. The lowest BCUT2D eigenvalue weighted by Gasteiger charge is -2.13. The Morgan fingerprint density at radius 1 is 1.38 bits per heavy atom. The Bertz CT molecular complexity index is 698. The zero-order valence-corrected chi connectivity index (χ0v) is 11.0. The van der Waals surface area contributed by atoms with Crippen molar-refractivity contribution in [1.29, 1.82) is 0 Å². The van der Waals surface area contributed by atoms with Crippen LogP contribution in [0, 0.1) is 0 Å². The van der Waals surface area contributed by atoms with Gasteiger partial charge in [-0.1, -0.05) is 5.21 Å². The lowest BCUT2D eigenvalue weighted by molar-refractivity contribution is -0.144. The van der Waals surface area contributed by atoms with Gasteiger partial charge in [0.25, 0.3) is 0 Å². The van der Waals surface area contributed by atoms with E-state index in [2.05, 4.69) is 25.6 Å². The number of nitrogens with zero attached hydrogens (tertiary/aromatic N) is 5. The van der Waals surface area contributed by atoms with Crippen LogP contribution in [0.25, 0.3) is 11.2 Å². The highest BCUT2D eigenvalue weighted by Crippen LogP contribution is 2.19. The molecule has 0 unspecified atom stereocenters. The molecule has 5 N–H and O–H groups in total. The van der Waals surface area contributed by atoms with Crippen LogP contribution in [-0.4, -0.2) is 53.2 Å². The van der Waals surface area contributed by atoms with Crippen LogP contribution in [0.5, 0.6) is 0 Å².